The van der Waals surface area contributed by atoms with Crippen molar-refractivity contribution >= 4 is 42.5 Å². The number of anilines is 2. The van der Waals surface area contributed by atoms with Crippen LogP contribution in [-0.4, -0.2) is 34.6 Å². The standard InChI is InChI=1S/C18H16N6O2S2/c1-28(25,26)22-8-12-4-5-21-17(6-12)24-18-23-15-3-2-13(7-16(15)27-18)14-9-19-11-20-10-14/h2-7,9-11,22H,8H2,1H3,(H,21,23,24). The second-order valence-electron chi connectivity index (χ2n) is 6.10. The molecule has 0 aliphatic rings. The van der Waals surface area contributed by atoms with Crippen LogP contribution in [0.1, 0.15) is 5.56 Å². The molecule has 0 saturated heterocycles. The van der Waals surface area contributed by atoms with Gasteiger partial charge in [-0.25, -0.2) is 33.1 Å². The van der Waals surface area contributed by atoms with Crippen LogP contribution < -0.4 is 10.0 Å². The van der Waals surface area contributed by atoms with E-state index in [1.165, 1.54) is 17.7 Å². The molecule has 28 heavy (non-hydrogen) atoms. The van der Waals surface area contributed by atoms with Gasteiger partial charge in [0.1, 0.15) is 12.1 Å². The average molecular weight is 413 g/mol. The van der Waals surface area contributed by atoms with Crippen molar-refractivity contribution in [3.05, 3.63) is 60.8 Å². The molecule has 0 atom stereocenters. The highest BCUT2D eigenvalue weighted by atomic mass is 32.2. The van der Waals surface area contributed by atoms with Crippen LogP contribution in [0.5, 0.6) is 0 Å². The highest BCUT2D eigenvalue weighted by Crippen LogP contribution is 2.31. The van der Waals surface area contributed by atoms with Gasteiger partial charge in [0.15, 0.2) is 5.13 Å². The van der Waals surface area contributed by atoms with Crippen molar-refractivity contribution in [2.45, 2.75) is 6.54 Å². The van der Waals surface area contributed by atoms with E-state index in [2.05, 4.69) is 36.0 Å². The summed E-state index contributed by atoms with van der Waals surface area (Å²) < 4.78 is 26.0. The Morgan fingerprint density at radius 1 is 1.07 bits per heavy atom. The van der Waals surface area contributed by atoms with Gasteiger partial charge in [-0.15, -0.1) is 0 Å². The largest absolute Gasteiger partial charge is 0.316 e. The summed E-state index contributed by atoms with van der Waals surface area (Å²) in [4.78, 5) is 17.0. The number of benzene rings is 1. The number of aromatic nitrogens is 4. The number of hydrogen-bond acceptors (Lipinski definition) is 8. The van der Waals surface area contributed by atoms with Gasteiger partial charge >= 0.3 is 0 Å². The molecular formula is C18H16N6O2S2. The lowest BCUT2D eigenvalue weighted by Gasteiger charge is -2.05. The van der Waals surface area contributed by atoms with Crippen LogP contribution in [0.3, 0.4) is 0 Å². The van der Waals surface area contributed by atoms with Gasteiger partial charge in [-0.1, -0.05) is 17.4 Å². The summed E-state index contributed by atoms with van der Waals surface area (Å²) in [6, 6.07) is 9.54. The number of sulfonamides is 1. The predicted molar refractivity (Wildman–Crippen MR) is 110 cm³/mol. The maximum atomic E-state index is 11.3. The Balaban J connectivity index is 1.55. The Morgan fingerprint density at radius 2 is 1.89 bits per heavy atom. The lowest BCUT2D eigenvalue weighted by molar-refractivity contribution is 0.587. The van der Waals surface area contributed by atoms with E-state index >= 15 is 0 Å². The molecule has 0 saturated carbocycles. The molecule has 0 spiro atoms. The average Bonchev–Trinajstić information content (AvgIpc) is 3.08. The Bertz CT molecular complexity index is 1230. The molecular weight excluding hydrogens is 396 g/mol. The van der Waals surface area contributed by atoms with Crippen molar-refractivity contribution in [2.24, 2.45) is 0 Å². The monoisotopic (exact) mass is 412 g/mol. The van der Waals surface area contributed by atoms with E-state index in [-0.39, 0.29) is 6.54 Å². The molecule has 3 aromatic heterocycles. The summed E-state index contributed by atoms with van der Waals surface area (Å²) in [7, 11) is -3.25. The first-order valence-corrected chi connectivity index (χ1v) is 11.0. The number of pyridine rings is 1. The summed E-state index contributed by atoms with van der Waals surface area (Å²) >= 11 is 1.51. The number of hydrogen-bond donors (Lipinski definition) is 2. The van der Waals surface area contributed by atoms with E-state index in [1.807, 2.05) is 12.1 Å². The lowest BCUT2D eigenvalue weighted by atomic mass is 10.1. The van der Waals surface area contributed by atoms with Crippen LogP contribution in [0.2, 0.25) is 0 Å². The number of rotatable bonds is 6. The molecule has 1 aromatic carbocycles. The van der Waals surface area contributed by atoms with E-state index in [0.717, 1.165) is 33.2 Å². The normalized spacial score (nSPS) is 11.6. The van der Waals surface area contributed by atoms with Gasteiger partial charge in [0, 0.05) is 30.7 Å². The lowest BCUT2D eigenvalue weighted by Crippen LogP contribution is -2.21. The van der Waals surface area contributed by atoms with Crippen molar-refractivity contribution in [1.82, 2.24) is 24.7 Å². The molecule has 0 radical (unpaired) electrons. The van der Waals surface area contributed by atoms with Gasteiger partial charge in [0.2, 0.25) is 10.0 Å². The molecule has 10 heteroatoms. The van der Waals surface area contributed by atoms with Crippen molar-refractivity contribution in [3.8, 4) is 11.1 Å². The molecule has 0 amide bonds. The van der Waals surface area contributed by atoms with E-state index < -0.39 is 10.0 Å². The van der Waals surface area contributed by atoms with Crippen LogP contribution in [0.25, 0.3) is 21.3 Å². The fourth-order valence-corrected chi connectivity index (χ4v) is 3.92. The number of nitrogens with one attached hydrogen (secondary N) is 2. The first kappa shape index (κ1) is 18.4. The third kappa shape index (κ3) is 4.47. The second kappa shape index (κ2) is 7.58. The van der Waals surface area contributed by atoms with E-state index in [4.69, 9.17) is 0 Å². The zero-order valence-corrected chi connectivity index (χ0v) is 16.5. The molecule has 0 fully saturated rings. The molecule has 3 heterocycles. The summed E-state index contributed by atoms with van der Waals surface area (Å²) in [5.41, 5.74) is 3.65. The first-order valence-electron chi connectivity index (χ1n) is 8.29. The smallest absolute Gasteiger partial charge is 0.209 e. The topological polar surface area (TPSA) is 110 Å². The zero-order valence-electron chi connectivity index (χ0n) is 14.8. The number of fused-ring (bicyclic) bond motifs is 1. The third-order valence-corrected chi connectivity index (χ3v) is 5.48. The van der Waals surface area contributed by atoms with Crippen LogP contribution in [0, 0.1) is 0 Å². The SMILES string of the molecule is CS(=O)(=O)NCc1ccnc(Nc2nc3ccc(-c4cncnc4)cc3s2)c1. The second-order valence-corrected chi connectivity index (χ2v) is 8.96. The first-order chi connectivity index (χ1) is 13.5. The summed E-state index contributed by atoms with van der Waals surface area (Å²) in [5, 5.41) is 3.89. The van der Waals surface area contributed by atoms with Gasteiger partial charge in [-0.05, 0) is 35.4 Å². The van der Waals surface area contributed by atoms with Crippen molar-refractivity contribution in [1.29, 1.82) is 0 Å². The Kier molecular flexibility index (Phi) is 4.99. The molecule has 0 unspecified atom stereocenters. The minimum Gasteiger partial charge on any atom is -0.316 e. The molecule has 2 N–H and O–H groups in total. The fraction of sp³-hybridized carbons (Fsp3) is 0.111. The number of nitrogens with zero attached hydrogens (tertiary/aromatic N) is 4. The van der Waals surface area contributed by atoms with Gasteiger partial charge in [0.25, 0.3) is 0 Å². The van der Waals surface area contributed by atoms with Crippen LogP contribution in [-0.2, 0) is 16.6 Å². The molecule has 4 aromatic rings. The van der Waals surface area contributed by atoms with E-state index in [9.17, 15) is 8.42 Å². The molecule has 8 nitrogen and oxygen atoms in total. The van der Waals surface area contributed by atoms with Gasteiger partial charge < -0.3 is 5.32 Å². The Hall–Kier alpha value is -2.95. The molecule has 0 aliphatic carbocycles. The van der Waals surface area contributed by atoms with E-state index in [0.29, 0.717) is 10.9 Å². The number of thiazole rings is 1. The van der Waals surface area contributed by atoms with Gasteiger partial charge in [-0.3, -0.25) is 0 Å². The minimum atomic E-state index is -3.25. The summed E-state index contributed by atoms with van der Waals surface area (Å²) in [5.74, 6) is 0.600. The predicted octanol–water partition coefficient (Wildman–Crippen LogP) is 2.94. The molecule has 142 valence electrons. The highest BCUT2D eigenvalue weighted by Gasteiger charge is 2.08. The Labute approximate surface area is 165 Å². The van der Waals surface area contributed by atoms with Gasteiger partial charge in [-0.2, -0.15) is 0 Å². The fourth-order valence-electron chi connectivity index (χ4n) is 2.58. The minimum absolute atomic E-state index is 0.207. The van der Waals surface area contributed by atoms with Crippen molar-refractivity contribution < 1.29 is 8.42 Å². The summed E-state index contributed by atoms with van der Waals surface area (Å²) in [6.45, 7) is 0.207. The third-order valence-electron chi connectivity index (χ3n) is 3.88. The highest BCUT2D eigenvalue weighted by molar-refractivity contribution is 7.88. The quantitative estimate of drug-likeness (QED) is 0.501. The van der Waals surface area contributed by atoms with Crippen molar-refractivity contribution in [3.63, 3.8) is 0 Å². The zero-order chi connectivity index (χ0) is 19.6. The van der Waals surface area contributed by atoms with Crippen LogP contribution in [0.15, 0.2) is 55.2 Å². The Morgan fingerprint density at radius 3 is 2.68 bits per heavy atom. The maximum Gasteiger partial charge on any atom is 0.209 e. The summed E-state index contributed by atoms with van der Waals surface area (Å²) in [6.07, 6.45) is 7.80. The van der Waals surface area contributed by atoms with Crippen molar-refractivity contribution in [2.75, 3.05) is 11.6 Å². The molecule has 0 aliphatic heterocycles. The van der Waals surface area contributed by atoms with Gasteiger partial charge in [0.05, 0.1) is 16.5 Å². The van der Waals surface area contributed by atoms with Crippen LogP contribution >= 0.6 is 11.3 Å². The molecule has 4 rings (SSSR count). The molecule has 0 bridgehead atoms. The van der Waals surface area contributed by atoms with E-state index in [1.54, 1.807) is 30.7 Å². The maximum absolute atomic E-state index is 11.3. The van der Waals surface area contributed by atoms with Crippen LogP contribution in [0.4, 0.5) is 10.9 Å².